The molecule has 1 aliphatic rings. The molecule has 0 saturated carbocycles. The maximum atomic E-state index is 12.5. The number of rotatable bonds is 6. The molecule has 3 rings (SSSR count). The number of hydrogen-bond donors (Lipinski definition) is 1. The van der Waals surface area contributed by atoms with Gasteiger partial charge in [0.1, 0.15) is 10.8 Å². The first-order chi connectivity index (χ1) is 12.5. The highest BCUT2D eigenvalue weighted by atomic mass is 32.1. The number of anilines is 2. The van der Waals surface area contributed by atoms with E-state index in [1.165, 1.54) is 11.3 Å². The monoisotopic (exact) mass is 374 g/mol. The summed E-state index contributed by atoms with van der Waals surface area (Å²) in [6, 6.07) is 7.31. The average molecular weight is 374 g/mol. The van der Waals surface area contributed by atoms with E-state index in [0.717, 1.165) is 11.4 Å². The molecule has 26 heavy (non-hydrogen) atoms. The Bertz CT molecular complexity index is 805. The Morgan fingerprint density at radius 3 is 2.88 bits per heavy atom. The summed E-state index contributed by atoms with van der Waals surface area (Å²) in [4.78, 5) is 26.5. The van der Waals surface area contributed by atoms with Crippen LogP contribution in [0.2, 0.25) is 0 Å². The third-order valence-electron chi connectivity index (χ3n) is 4.15. The number of amides is 2. The molecule has 0 spiro atoms. The first-order valence-corrected chi connectivity index (χ1v) is 9.36. The Morgan fingerprint density at radius 2 is 2.15 bits per heavy atom. The Kier molecular flexibility index (Phi) is 5.51. The van der Waals surface area contributed by atoms with Crippen molar-refractivity contribution in [3.63, 3.8) is 0 Å². The molecular weight excluding hydrogens is 352 g/mol. The van der Waals surface area contributed by atoms with Crippen LogP contribution in [0.25, 0.3) is 0 Å². The van der Waals surface area contributed by atoms with Gasteiger partial charge in [0, 0.05) is 19.4 Å². The summed E-state index contributed by atoms with van der Waals surface area (Å²) in [5.74, 6) is 0.373. The maximum Gasteiger partial charge on any atom is 0.231 e. The second-order valence-electron chi connectivity index (χ2n) is 6.67. The third-order valence-corrected chi connectivity index (χ3v) is 5.01. The van der Waals surface area contributed by atoms with Gasteiger partial charge in [-0.25, -0.2) is 0 Å². The lowest BCUT2D eigenvalue weighted by Crippen LogP contribution is -2.28. The van der Waals surface area contributed by atoms with Crippen molar-refractivity contribution >= 4 is 34.0 Å². The molecule has 138 valence electrons. The number of benzene rings is 1. The van der Waals surface area contributed by atoms with Crippen molar-refractivity contribution in [2.45, 2.75) is 26.7 Å². The highest BCUT2D eigenvalue weighted by Gasteiger charge is 2.36. The van der Waals surface area contributed by atoms with Crippen LogP contribution < -0.4 is 15.0 Å². The molecule has 7 nitrogen and oxygen atoms in total. The van der Waals surface area contributed by atoms with Gasteiger partial charge < -0.3 is 15.0 Å². The third kappa shape index (κ3) is 4.01. The molecule has 1 atom stereocenters. The standard InChI is InChI=1S/C18H22N4O3S/c1-11(2)8-15-20-21-18(26-15)19-17(24)12-9-16(23)22(10-12)13-6-4-5-7-14(13)25-3/h4-7,11-12H,8-10H2,1-3H3,(H,19,21,24)/t12-/m1/s1. The number of nitrogens with one attached hydrogen (secondary N) is 1. The molecular formula is C18H22N4O3S. The summed E-state index contributed by atoms with van der Waals surface area (Å²) in [6.45, 7) is 4.54. The van der Waals surface area contributed by atoms with E-state index < -0.39 is 5.92 Å². The number of hydrogen-bond acceptors (Lipinski definition) is 6. The minimum atomic E-state index is -0.426. The number of ether oxygens (including phenoxy) is 1. The van der Waals surface area contributed by atoms with Crippen molar-refractivity contribution in [1.82, 2.24) is 10.2 Å². The van der Waals surface area contributed by atoms with E-state index in [1.807, 2.05) is 18.2 Å². The van der Waals surface area contributed by atoms with Crippen molar-refractivity contribution in [2.75, 3.05) is 23.9 Å². The predicted molar refractivity (Wildman–Crippen MR) is 101 cm³/mol. The minimum absolute atomic E-state index is 0.0904. The number of methoxy groups -OCH3 is 1. The van der Waals surface area contributed by atoms with Crippen LogP contribution in [0, 0.1) is 11.8 Å². The smallest absolute Gasteiger partial charge is 0.231 e. The Labute approximate surface area is 156 Å². The first kappa shape index (κ1) is 18.3. The van der Waals surface area contributed by atoms with Gasteiger partial charge in [0.25, 0.3) is 0 Å². The Balaban J connectivity index is 1.66. The second-order valence-corrected chi connectivity index (χ2v) is 7.73. The van der Waals surface area contributed by atoms with E-state index in [1.54, 1.807) is 18.1 Å². The van der Waals surface area contributed by atoms with Gasteiger partial charge in [-0.15, -0.1) is 10.2 Å². The summed E-state index contributed by atoms with van der Waals surface area (Å²) < 4.78 is 5.32. The molecule has 2 aromatic rings. The zero-order valence-electron chi connectivity index (χ0n) is 15.1. The van der Waals surface area contributed by atoms with Crippen molar-refractivity contribution in [2.24, 2.45) is 11.8 Å². The molecule has 2 heterocycles. The molecule has 2 amide bonds. The van der Waals surface area contributed by atoms with E-state index in [2.05, 4.69) is 29.4 Å². The lowest BCUT2D eigenvalue weighted by atomic mass is 10.1. The number of aromatic nitrogens is 2. The molecule has 8 heteroatoms. The first-order valence-electron chi connectivity index (χ1n) is 8.54. The van der Waals surface area contributed by atoms with Gasteiger partial charge in [0.15, 0.2) is 0 Å². The molecule has 1 fully saturated rings. The van der Waals surface area contributed by atoms with Crippen molar-refractivity contribution in [1.29, 1.82) is 0 Å². The lowest BCUT2D eigenvalue weighted by Gasteiger charge is -2.19. The normalized spacial score (nSPS) is 17.0. The van der Waals surface area contributed by atoms with Gasteiger partial charge in [-0.2, -0.15) is 0 Å². The van der Waals surface area contributed by atoms with E-state index in [9.17, 15) is 9.59 Å². The van der Waals surface area contributed by atoms with Crippen LogP contribution in [-0.2, 0) is 16.0 Å². The van der Waals surface area contributed by atoms with E-state index in [-0.39, 0.29) is 18.2 Å². The molecule has 0 bridgehead atoms. The molecule has 0 unspecified atom stereocenters. The quantitative estimate of drug-likeness (QED) is 0.840. The van der Waals surface area contributed by atoms with E-state index in [4.69, 9.17) is 4.74 Å². The second kappa shape index (κ2) is 7.82. The number of carbonyl (C=O) groups is 2. The van der Waals surface area contributed by atoms with Crippen LogP contribution in [0.15, 0.2) is 24.3 Å². The van der Waals surface area contributed by atoms with Gasteiger partial charge in [0.2, 0.25) is 16.9 Å². The molecule has 1 N–H and O–H groups in total. The highest BCUT2D eigenvalue weighted by molar-refractivity contribution is 7.15. The van der Waals surface area contributed by atoms with E-state index in [0.29, 0.717) is 29.0 Å². The summed E-state index contributed by atoms with van der Waals surface area (Å²) in [5, 5.41) is 12.3. The summed E-state index contributed by atoms with van der Waals surface area (Å²) in [6.07, 6.45) is 0.999. The molecule has 0 radical (unpaired) electrons. The lowest BCUT2D eigenvalue weighted by molar-refractivity contribution is -0.122. The van der Waals surface area contributed by atoms with Crippen molar-refractivity contribution in [3.8, 4) is 5.75 Å². The molecule has 1 aliphatic heterocycles. The highest BCUT2D eigenvalue weighted by Crippen LogP contribution is 2.33. The fourth-order valence-electron chi connectivity index (χ4n) is 2.91. The largest absolute Gasteiger partial charge is 0.495 e. The molecule has 1 aromatic carbocycles. The minimum Gasteiger partial charge on any atom is -0.495 e. The molecule has 0 aliphatic carbocycles. The average Bonchev–Trinajstić information content (AvgIpc) is 3.20. The van der Waals surface area contributed by atoms with Crippen LogP contribution in [0.1, 0.15) is 25.3 Å². The van der Waals surface area contributed by atoms with Crippen LogP contribution >= 0.6 is 11.3 Å². The SMILES string of the molecule is COc1ccccc1N1C[C@H](C(=O)Nc2nnc(CC(C)C)s2)CC1=O. The zero-order valence-corrected chi connectivity index (χ0v) is 15.9. The van der Waals surface area contributed by atoms with Gasteiger partial charge in [-0.05, 0) is 18.1 Å². The van der Waals surface area contributed by atoms with Crippen LogP contribution in [0.4, 0.5) is 10.8 Å². The van der Waals surface area contributed by atoms with Gasteiger partial charge in [-0.1, -0.05) is 37.3 Å². The number of carbonyl (C=O) groups excluding carboxylic acids is 2. The summed E-state index contributed by atoms with van der Waals surface area (Å²) in [5.41, 5.74) is 0.686. The number of nitrogens with zero attached hydrogens (tertiary/aromatic N) is 3. The summed E-state index contributed by atoms with van der Waals surface area (Å²) in [7, 11) is 1.56. The topological polar surface area (TPSA) is 84.4 Å². The Morgan fingerprint density at radius 1 is 1.38 bits per heavy atom. The van der Waals surface area contributed by atoms with Crippen LogP contribution in [0.3, 0.4) is 0 Å². The van der Waals surface area contributed by atoms with Gasteiger partial charge in [-0.3, -0.25) is 9.59 Å². The van der Waals surface area contributed by atoms with Crippen molar-refractivity contribution < 1.29 is 14.3 Å². The zero-order chi connectivity index (χ0) is 18.7. The predicted octanol–water partition coefficient (Wildman–Crippen LogP) is 2.74. The fourth-order valence-corrected chi connectivity index (χ4v) is 3.87. The molecule has 1 aromatic heterocycles. The van der Waals surface area contributed by atoms with Crippen LogP contribution in [0.5, 0.6) is 5.75 Å². The van der Waals surface area contributed by atoms with Gasteiger partial charge >= 0.3 is 0 Å². The van der Waals surface area contributed by atoms with Crippen LogP contribution in [-0.4, -0.2) is 35.7 Å². The summed E-state index contributed by atoms with van der Waals surface area (Å²) >= 11 is 1.38. The van der Waals surface area contributed by atoms with Gasteiger partial charge in [0.05, 0.1) is 18.7 Å². The van der Waals surface area contributed by atoms with Crippen molar-refractivity contribution in [3.05, 3.63) is 29.3 Å². The number of para-hydroxylation sites is 2. The Hall–Kier alpha value is -2.48. The fraction of sp³-hybridized carbons (Fsp3) is 0.444. The maximum absolute atomic E-state index is 12.5. The van der Waals surface area contributed by atoms with E-state index >= 15 is 0 Å². The molecule has 1 saturated heterocycles.